The monoisotopic (exact) mass is 238 g/mol. The molecule has 0 aliphatic rings. The third-order valence-corrected chi connectivity index (χ3v) is 3.50. The van der Waals surface area contributed by atoms with Crippen molar-refractivity contribution in [1.82, 2.24) is 0 Å². The molecule has 14 heavy (non-hydrogen) atoms. The van der Waals surface area contributed by atoms with Crippen molar-refractivity contribution in [2.75, 3.05) is 12.9 Å². The largest absolute Gasteiger partial charge is 0.600 e. The van der Waals surface area contributed by atoms with E-state index in [1.807, 2.05) is 0 Å². The van der Waals surface area contributed by atoms with Crippen LogP contribution in [-0.4, -0.2) is 35.4 Å². The lowest BCUT2D eigenvalue weighted by atomic mass is 10.8. The molecular weight excluding hydrogens is 222 g/mol. The van der Waals surface area contributed by atoms with Crippen molar-refractivity contribution in [2.45, 2.75) is 25.7 Å². The summed E-state index contributed by atoms with van der Waals surface area (Å²) in [5.41, 5.74) is 0. The van der Waals surface area contributed by atoms with Gasteiger partial charge < -0.3 is 9.84 Å². The molecule has 0 fully saturated rings. The number of nitrogens with zero attached hydrogens (tertiary/aromatic N) is 1. The Bertz CT molecular complexity index is 304. The molecule has 0 radical (unpaired) electrons. The smallest absolute Gasteiger partial charge is 0.251 e. The molecule has 0 spiro atoms. The molecule has 0 rings (SSSR count). The molecule has 0 atom stereocenters. The van der Waals surface area contributed by atoms with Gasteiger partial charge in [0.25, 0.3) is 10.0 Å². The lowest BCUT2D eigenvalue weighted by Gasteiger charge is -2.20. The predicted molar refractivity (Wildman–Crippen MR) is 56.4 cm³/mol. The average Bonchev–Trinajstić information content (AvgIpc) is 1.78. The second-order valence-corrected chi connectivity index (χ2v) is 11.5. The number of sulfonamides is 1. The van der Waals surface area contributed by atoms with Crippen LogP contribution in [0.5, 0.6) is 0 Å². The van der Waals surface area contributed by atoms with Crippen LogP contribution >= 0.6 is 0 Å². The normalized spacial score (nSPS) is 14.1. The summed E-state index contributed by atoms with van der Waals surface area (Å²) in [6, 6.07) is 0.804. The van der Waals surface area contributed by atoms with E-state index in [9.17, 15) is 13.5 Å². The predicted octanol–water partition coefficient (Wildman–Crippen LogP) is 0.0171. The highest BCUT2D eigenvalue weighted by molar-refractivity contribution is 7.89. The van der Waals surface area contributed by atoms with Crippen molar-refractivity contribution in [2.24, 2.45) is 4.40 Å². The van der Waals surface area contributed by atoms with Gasteiger partial charge in [-0.1, -0.05) is 19.6 Å². The lowest BCUT2D eigenvalue weighted by Crippen LogP contribution is -2.27. The van der Waals surface area contributed by atoms with E-state index in [2.05, 4.69) is 28.8 Å². The first-order valence-electron chi connectivity index (χ1n) is 4.20. The molecule has 84 valence electrons. The lowest BCUT2D eigenvalue weighted by molar-refractivity contribution is -0.249. The van der Waals surface area contributed by atoms with Crippen LogP contribution < -0.4 is 5.11 Å². The summed E-state index contributed by atoms with van der Waals surface area (Å²) in [6.45, 7) is 6.64. The highest BCUT2D eigenvalue weighted by atomic mass is 32.2. The molecule has 5 nitrogen and oxygen atoms in total. The summed E-state index contributed by atoms with van der Waals surface area (Å²) >= 11 is 0. The first kappa shape index (κ1) is 13.4. The number of rotatable bonds is 4. The number of ether oxygens (including phenoxy) is 1. The molecule has 0 aromatic carbocycles. The first-order chi connectivity index (χ1) is 6.10. The van der Waals surface area contributed by atoms with Gasteiger partial charge in [-0.3, -0.25) is 0 Å². The third kappa shape index (κ3) is 9.52. The Hall–Kier alpha value is -0.563. The van der Waals surface area contributed by atoms with Crippen LogP contribution in [0.3, 0.4) is 0 Å². The fourth-order valence-corrected chi connectivity index (χ4v) is 1.64. The highest BCUT2D eigenvalue weighted by Crippen LogP contribution is 2.07. The SMILES string of the molecule is C[Si](C)(C)CCO/C([O-])=N/S(C)(=O)=O. The van der Waals surface area contributed by atoms with E-state index >= 15 is 0 Å². The fraction of sp³-hybridized carbons (Fsp3) is 0.857. The van der Waals surface area contributed by atoms with Crippen molar-refractivity contribution in [3.05, 3.63) is 0 Å². The van der Waals surface area contributed by atoms with Crippen molar-refractivity contribution in [3.63, 3.8) is 0 Å². The van der Waals surface area contributed by atoms with Crippen LogP contribution in [0, 0.1) is 0 Å². The maximum atomic E-state index is 10.8. The van der Waals surface area contributed by atoms with Crippen LogP contribution in [0.4, 0.5) is 0 Å². The molecule has 0 bridgehead atoms. The minimum atomic E-state index is -3.63. The maximum Gasteiger partial charge on any atom is 0.251 e. The highest BCUT2D eigenvalue weighted by Gasteiger charge is 2.10. The van der Waals surface area contributed by atoms with Gasteiger partial charge in [0.1, 0.15) is 0 Å². The zero-order valence-corrected chi connectivity index (χ0v) is 10.7. The van der Waals surface area contributed by atoms with Crippen LogP contribution in [0.15, 0.2) is 4.40 Å². The summed E-state index contributed by atoms with van der Waals surface area (Å²) in [5, 5.41) is 10.8. The minimum absolute atomic E-state index is 0.244. The maximum absolute atomic E-state index is 10.8. The summed E-state index contributed by atoms with van der Waals surface area (Å²) in [6.07, 6.45) is -0.169. The molecule has 0 amide bonds. The van der Waals surface area contributed by atoms with E-state index in [1.165, 1.54) is 0 Å². The van der Waals surface area contributed by atoms with Crippen LogP contribution in [0.1, 0.15) is 0 Å². The second kappa shape index (κ2) is 4.79. The molecular formula is C7H16NO4SSi-. The van der Waals surface area contributed by atoms with Crippen LogP contribution in [0.25, 0.3) is 0 Å². The summed E-state index contributed by atoms with van der Waals surface area (Å²) < 4.78 is 28.6. The van der Waals surface area contributed by atoms with E-state index in [0.717, 1.165) is 12.3 Å². The Labute approximate surface area is 85.9 Å². The second-order valence-electron chi connectivity index (χ2n) is 4.25. The van der Waals surface area contributed by atoms with E-state index in [4.69, 9.17) is 0 Å². The van der Waals surface area contributed by atoms with Crippen molar-refractivity contribution in [1.29, 1.82) is 0 Å². The van der Waals surface area contributed by atoms with E-state index in [1.54, 1.807) is 0 Å². The van der Waals surface area contributed by atoms with Crippen molar-refractivity contribution >= 4 is 24.2 Å². The molecule has 0 saturated carbocycles. The summed E-state index contributed by atoms with van der Waals surface area (Å²) in [4.78, 5) is 0. The van der Waals surface area contributed by atoms with Crippen LogP contribution in [0.2, 0.25) is 25.7 Å². The summed E-state index contributed by atoms with van der Waals surface area (Å²) in [5.74, 6) is 0. The Balaban J connectivity index is 3.99. The first-order valence-corrected chi connectivity index (χ1v) is 9.75. The Morgan fingerprint density at radius 3 is 2.29 bits per heavy atom. The Morgan fingerprint density at radius 2 is 1.93 bits per heavy atom. The van der Waals surface area contributed by atoms with Gasteiger partial charge in [0.2, 0.25) is 0 Å². The summed E-state index contributed by atoms with van der Waals surface area (Å²) in [7, 11) is -4.88. The van der Waals surface area contributed by atoms with Gasteiger partial charge in [-0.2, -0.15) is 0 Å². The standard InChI is InChI=1S/C7H17NO4SSi/c1-13(10,11)8-7(9)12-5-6-14(2,3)4/h5-6H2,1-4H3,(H,8,9)/p-1. The zero-order valence-electron chi connectivity index (χ0n) is 8.90. The van der Waals surface area contributed by atoms with Gasteiger partial charge in [0.05, 0.1) is 6.26 Å². The molecule has 0 aliphatic heterocycles. The minimum Gasteiger partial charge on any atom is -0.600 e. The van der Waals surface area contributed by atoms with Gasteiger partial charge in [0.15, 0.2) is 6.08 Å². The van der Waals surface area contributed by atoms with Gasteiger partial charge in [-0.25, -0.2) is 8.42 Å². The van der Waals surface area contributed by atoms with E-state index in [-0.39, 0.29) is 6.61 Å². The number of hydrogen-bond donors (Lipinski definition) is 0. The van der Waals surface area contributed by atoms with Crippen molar-refractivity contribution < 1.29 is 18.3 Å². The topological polar surface area (TPSA) is 78.8 Å². The Morgan fingerprint density at radius 1 is 1.43 bits per heavy atom. The molecule has 0 aromatic rings. The molecule has 0 saturated heterocycles. The van der Waals surface area contributed by atoms with Gasteiger partial charge in [-0.05, 0) is 12.7 Å². The molecule has 0 heterocycles. The molecule has 7 heteroatoms. The molecule has 0 aliphatic carbocycles. The van der Waals surface area contributed by atoms with E-state index < -0.39 is 24.2 Å². The van der Waals surface area contributed by atoms with Crippen molar-refractivity contribution in [3.8, 4) is 0 Å². The average molecular weight is 238 g/mol. The van der Waals surface area contributed by atoms with Crippen LogP contribution in [-0.2, 0) is 14.8 Å². The van der Waals surface area contributed by atoms with Gasteiger partial charge in [-0.15, -0.1) is 4.40 Å². The molecule has 0 unspecified atom stereocenters. The molecule has 0 N–H and O–H groups in total. The van der Waals surface area contributed by atoms with E-state index in [0.29, 0.717) is 0 Å². The van der Waals surface area contributed by atoms with Gasteiger partial charge >= 0.3 is 0 Å². The molecule has 0 aromatic heterocycles. The quantitative estimate of drug-likeness (QED) is 0.393. The third-order valence-electron chi connectivity index (χ3n) is 1.32. The van der Waals surface area contributed by atoms with Gasteiger partial charge in [0, 0.05) is 8.07 Å². The number of hydrogen-bond acceptors (Lipinski definition) is 4. The fourth-order valence-electron chi connectivity index (χ4n) is 0.606. The zero-order chi connectivity index (χ0) is 11.4. The Kier molecular flexibility index (Phi) is 4.59.